The SMILES string of the molecule is CC1CN(c2c(C=O)cc3c(-n4cc(Cl)cn4)noc3c2F)CC(C)O1. The number of halogens is 2. The number of hydrogen-bond acceptors (Lipinski definition) is 6. The molecule has 1 fully saturated rings. The molecule has 0 N–H and O–H groups in total. The van der Waals surface area contributed by atoms with Crippen LogP contribution in [0.3, 0.4) is 0 Å². The standard InChI is InChI=1S/C17H16ClFN4O3/c1-9-5-22(6-10(2)25-9)15-11(8-24)3-13-16(14(15)19)26-21-17(13)23-7-12(18)4-20-23/h3-4,7-10H,5-6H2,1-2H3. The highest BCUT2D eigenvalue weighted by molar-refractivity contribution is 6.30. The van der Waals surface area contributed by atoms with Crippen LogP contribution in [0.15, 0.2) is 23.0 Å². The molecule has 2 atom stereocenters. The lowest BCUT2D eigenvalue weighted by atomic mass is 10.1. The molecular formula is C17H16ClFN4O3. The summed E-state index contributed by atoms with van der Waals surface area (Å²) < 4.78 is 27.6. The van der Waals surface area contributed by atoms with E-state index in [0.29, 0.717) is 29.8 Å². The summed E-state index contributed by atoms with van der Waals surface area (Å²) in [5, 5.41) is 8.71. The Morgan fingerprint density at radius 3 is 2.69 bits per heavy atom. The van der Waals surface area contributed by atoms with Gasteiger partial charge in [0.25, 0.3) is 0 Å². The van der Waals surface area contributed by atoms with E-state index >= 15 is 4.39 Å². The number of rotatable bonds is 3. The van der Waals surface area contributed by atoms with E-state index in [0.717, 1.165) is 0 Å². The zero-order valence-electron chi connectivity index (χ0n) is 14.1. The van der Waals surface area contributed by atoms with Crippen LogP contribution in [0.4, 0.5) is 10.1 Å². The number of benzene rings is 1. The van der Waals surface area contributed by atoms with Crippen LogP contribution in [-0.4, -0.2) is 46.5 Å². The van der Waals surface area contributed by atoms with Crippen molar-refractivity contribution in [3.8, 4) is 5.82 Å². The van der Waals surface area contributed by atoms with Crippen LogP contribution in [0.1, 0.15) is 24.2 Å². The molecule has 9 heteroatoms. The molecule has 2 unspecified atom stereocenters. The van der Waals surface area contributed by atoms with Gasteiger partial charge in [-0.3, -0.25) is 4.79 Å². The minimum absolute atomic E-state index is 0.0287. The van der Waals surface area contributed by atoms with Crippen molar-refractivity contribution in [1.82, 2.24) is 14.9 Å². The van der Waals surface area contributed by atoms with Gasteiger partial charge in [-0.2, -0.15) is 5.10 Å². The fourth-order valence-corrected chi connectivity index (χ4v) is 3.52. The van der Waals surface area contributed by atoms with Crippen LogP contribution in [0.5, 0.6) is 0 Å². The van der Waals surface area contributed by atoms with E-state index in [4.69, 9.17) is 20.9 Å². The van der Waals surface area contributed by atoms with Gasteiger partial charge in [0.1, 0.15) is 0 Å². The number of nitrogens with zero attached hydrogens (tertiary/aromatic N) is 4. The Balaban J connectivity index is 1.87. The number of aldehydes is 1. The van der Waals surface area contributed by atoms with Gasteiger partial charge in [-0.15, -0.1) is 0 Å². The van der Waals surface area contributed by atoms with E-state index in [1.807, 2.05) is 18.7 Å². The molecule has 3 aromatic rings. The van der Waals surface area contributed by atoms with Gasteiger partial charge in [-0.25, -0.2) is 9.07 Å². The Morgan fingerprint density at radius 1 is 1.35 bits per heavy atom. The molecule has 0 radical (unpaired) electrons. The average molecular weight is 379 g/mol. The van der Waals surface area contributed by atoms with E-state index in [1.54, 1.807) is 6.07 Å². The van der Waals surface area contributed by atoms with Crippen molar-refractivity contribution in [2.24, 2.45) is 0 Å². The second-order valence-electron chi connectivity index (χ2n) is 6.39. The molecule has 3 heterocycles. The van der Waals surface area contributed by atoms with Gasteiger partial charge in [0.2, 0.25) is 11.4 Å². The summed E-state index contributed by atoms with van der Waals surface area (Å²) in [6.07, 6.45) is 3.44. The lowest BCUT2D eigenvalue weighted by molar-refractivity contribution is -0.00543. The summed E-state index contributed by atoms with van der Waals surface area (Å²) >= 11 is 5.88. The lowest BCUT2D eigenvalue weighted by Crippen LogP contribution is -2.46. The van der Waals surface area contributed by atoms with Crippen LogP contribution < -0.4 is 4.90 Å². The normalized spacial score (nSPS) is 20.7. The summed E-state index contributed by atoms with van der Waals surface area (Å²) in [6.45, 7) is 4.77. The van der Waals surface area contributed by atoms with Crippen LogP contribution in [0.25, 0.3) is 16.8 Å². The Labute approximate surface area is 153 Å². The first-order valence-corrected chi connectivity index (χ1v) is 8.53. The van der Waals surface area contributed by atoms with Crippen molar-refractivity contribution in [3.05, 3.63) is 34.9 Å². The predicted molar refractivity (Wildman–Crippen MR) is 93.7 cm³/mol. The molecule has 26 heavy (non-hydrogen) atoms. The number of hydrogen-bond donors (Lipinski definition) is 0. The number of anilines is 1. The average Bonchev–Trinajstić information content (AvgIpc) is 3.19. The van der Waals surface area contributed by atoms with Gasteiger partial charge in [0, 0.05) is 18.7 Å². The molecule has 0 aliphatic carbocycles. The Kier molecular flexibility index (Phi) is 4.16. The second-order valence-corrected chi connectivity index (χ2v) is 6.83. The smallest absolute Gasteiger partial charge is 0.206 e. The maximum absolute atomic E-state index is 15.3. The quantitative estimate of drug-likeness (QED) is 0.651. The van der Waals surface area contributed by atoms with Gasteiger partial charge in [-0.05, 0) is 19.9 Å². The summed E-state index contributed by atoms with van der Waals surface area (Å²) in [5.41, 5.74) is 0.397. The zero-order valence-corrected chi connectivity index (χ0v) is 14.9. The van der Waals surface area contributed by atoms with Crippen LogP contribution in [0, 0.1) is 5.82 Å². The molecule has 2 aromatic heterocycles. The summed E-state index contributed by atoms with van der Waals surface area (Å²) in [4.78, 5) is 13.5. The van der Waals surface area contributed by atoms with Crippen LogP contribution in [0.2, 0.25) is 5.02 Å². The van der Waals surface area contributed by atoms with E-state index in [-0.39, 0.29) is 34.9 Å². The molecule has 0 bridgehead atoms. The van der Waals surface area contributed by atoms with Gasteiger partial charge in [-0.1, -0.05) is 16.8 Å². The fraction of sp³-hybridized carbons (Fsp3) is 0.353. The van der Waals surface area contributed by atoms with Crippen LogP contribution in [-0.2, 0) is 4.74 Å². The van der Waals surface area contributed by atoms with Crippen molar-refractivity contribution in [2.75, 3.05) is 18.0 Å². The number of aromatic nitrogens is 3. The van der Waals surface area contributed by atoms with Gasteiger partial charge >= 0.3 is 0 Å². The largest absolute Gasteiger partial charge is 0.372 e. The number of morpholine rings is 1. The molecule has 4 rings (SSSR count). The summed E-state index contributed by atoms with van der Waals surface area (Å²) in [7, 11) is 0. The number of ether oxygens (including phenoxy) is 1. The van der Waals surface area contributed by atoms with E-state index in [9.17, 15) is 4.79 Å². The number of fused-ring (bicyclic) bond motifs is 1. The molecule has 0 saturated carbocycles. The van der Waals surface area contributed by atoms with Gasteiger partial charge in [0.05, 0.1) is 40.7 Å². The lowest BCUT2D eigenvalue weighted by Gasteiger charge is -2.37. The third kappa shape index (κ3) is 2.75. The van der Waals surface area contributed by atoms with Crippen molar-refractivity contribution in [3.63, 3.8) is 0 Å². The van der Waals surface area contributed by atoms with Gasteiger partial charge in [0.15, 0.2) is 12.1 Å². The third-order valence-corrected chi connectivity index (χ3v) is 4.52. The molecule has 1 saturated heterocycles. The number of carbonyl (C=O) groups is 1. The molecule has 136 valence electrons. The van der Waals surface area contributed by atoms with E-state index in [1.165, 1.54) is 17.1 Å². The highest BCUT2D eigenvalue weighted by Crippen LogP contribution is 2.35. The van der Waals surface area contributed by atoms with Crippen molar-refractivity contribution >= 4 is 34.5 Å². The molecule has 1 aromatic carbocycles. The predicted octanol–water partition coefficient (Wildman–Crippen LogP) is 3.23. The van der Waals surface area contributed by atoms with Crippen LogP contribution >= 0.6 is 11.6 Å². The van der Waals surface area contributed by atoms with E-state index < -0.39 is 5.82 Å². The fourth-order valence-electron chi connectivity index (χ4n) is 3.39. The van der Waals surface area contributed by atoms with Crippen molar-refractivity contribution < 1.29 is 18.4 Å². The molecule has 0 amide bonds. The molecule has 1 aliphatic heterocycles. The minimum Gasteiger partial charge on any atom is -0.372 e. The number of carbonyl (C=O) groups excluding carboxylic acids is 1. The first-order chi connectivity index (χ1) is 12.5. The summed E-state index contributed by atoms with van der Waals surface area (Å²) in [6, 6.07) is 1.56. The minimum atomic E-state index is -0.622. The van der Waals surface area contributed by atoms with E-state index in [2.05, 4.69) is 10.3 Å². The van der Waals surface area contributed by atoms with Crippen molar-refractivity contribution in [2.45, 2.75) is 26.1 Å². The summed E-state index contributed by atoms with van der Waals surface area (Å²) in [5.74, 6) is -0.355. The first kappa shape index (κ1) is 17.0. The molecule has 7 nitrogen and oxygen atoms in total. The highest BCUT2D eigenvalue weighted by Gasteiger charge is 2.29. The van der Waals surface area contributed by atoms with Crippen molar-refractivity contribution in [1.29, 1.82) is 0 Å². The molecule has 0 spiro atoms. The van der Waals surface area contributed by atoms with Gasteiger partial charge < -0.3 is 14.2 Å². The second kappa shape index (κ2) is 6.37. The topological polar surface area (TPSA) is 73.4 Å². The Hall–Kier alpha value is -2.45. The first-order valence-electron chi connectivity index (χ1n) is 8.16. The molecule has 1 aliphatic rings. The molecular weight excluding hydrogens is 363 g/mol. The third-order valence-electron chi connectivity index (χ3n) is 4.32. The highest BCUT2D eigenvalue weighted by atomic mass is 35.5. The maximum atomic E-state index is 15.3. The zero-order chi connectivity index (χ0) is 18.4. The monoisotopic (exact) mass is 378 g/mol. The Morgan fingerprint density at radius 2 is 2.08 bits per heavy atom. The Bertz CT molecular complexity index is 976. The maximum Gasteiger partial charge on any atom is 0.206 e.